The van der Waals surface area contributed by atoms with Gasteiger partial charge >= 0.3 is 13.8 Å². The van der Waals surface area contributed by atoms with Gasteiger partial charge < -0.3 is 18.9 Å². The van der Waals surface area contributed by atoms with Crippen LogP contribution in [0.1, 0.15) is 181 Å². The van der Waals surface area contributed by atoms with Crippen LogP contribution in [0, 0.1) is 0 Å². The summed E-state index contributed by atoms with van der Waals surface area (Å²) in [6.45, 7) is 5.60. The number of nitrogens with zero attached hydrogens (tertiary/aromatic N) is 1. The van der Waals surface area contributed by atoms with Crippen LogP contribution in [0.4, 0.5) is 0 Å². The first-order chi connectivity index (χ1) is 23.6. The number of allylic oxidation sites excluding steroid dienone is 2. The lowest BCUT2D eigenvalue weighted by Crippen LogP contribution is -2.37. The summed E-state index contributed by atoms with van der Waals surface area (Å²) in [5.74, 6) is -0.322. The van der Waals surface area contributed by atoms with E-state index in [4.69, 9.17) is 18.5 Å². The van der Waals surface area contributed by atoms with E-state index in [2.05, 4.69) is 26.0 Å². The molecule has 0 radical (unpaired) electrons. The van der Waals surface area contributed by atoms with Crippen molar-refractivity contribution in [2.24, 2.45) is 0 Å². The molecule has 0 amide bonds. The van der Waals surface area contributed by atoms with Gasteiger partial charge in [0, 0.05) is 13.0 Å². The van der Waals surface area contributed by atoms with Crippen LogP contribution in [0.5, 0.6) is 0 Å². The van der Waals surface area contributed by atoms with Crippen molar-refractivity contribution in [3.05, 3.63) is 12.2 Å². The third kappa shape index (κ3) is 38.3. The average molecular weight is 719 g/mol. The van der Waals surface area contributed by atoms with E-state index in [1.807, 2.05) is 21.1 Å². The number of ether oxygens (including phenoxy) is 2. The lowest BCUT2D eigenvalue weighted by Gasteiger charge is -2.24. The molecule has 8 nitrogen and oxygen atoms in total. The largest absolute Gasteiger partial charge is 0.472 e. The van der Waals surface area contributed by atoms with E-state index < -0.39 is 13.9 Å². The predicted molar refractivity (Wildman–Crippen MR) is 206 cm³/mol. The summed E-state index contributed by atoms with van der Waals surface area (Å²) in [6, 6.07) is 0. The Bertz CT molecular complexity index is 802. The van der Waals surface area contributed by atoms with Crippen molar-refractivity contribution in [2.45, 2.75) is 187 Å². The minimum atomic E-state index is -4.26. The topological polar surface area (TPSA) is 91.3 Å². The minimum absolute atomic E-state index is 0.0899. The molecule has 0 bridgehead atoms. The third-order valence-corrected chi connectivity index (χ3v) is 9.81. The number of likely N-dealkylation sites (N-methyl/N-ethyl adjacent to an activating group) is 1. The SMILES string of the molecule is CCCC/C=C\CCCCCCCC(=O)OC(COCCCCCCCCCCCCCCCCCC)COP(=O)(O)OCC[N+](C)(C)C. The van der Waals surface area contributed by atoms with Crippen molar-refractivity contribution < 1.29 is 37.3 Å². The molecular weight excluding hydrogens is 637 g/mol. The Morgan fingerprint density at radius 1 is 0.612 bits per heavy atom. The second-order valence-corrected chi connectivity index (χ2v) is 16.5. The van der Waals surface area contributed by atoms with Crippen LogP contribution in [0.25, 0.3) is 0 Å². The normalized spacial score (nSPS) is 14.0. The molecule has 0 aliphatic heterocycles. The molecule has 0 aromatic rings. The highest BCUT2D eigenvalue weighted by molar-refractivity contribution is 7.47. The maximum Gasteiger partial charge on any atom is 0.472 e. The van der Waals surface area contributed by atoms with Gasteiger partial charge in [-0.2, -0.15) is 0 Å². The quantitative estimate of drug-likeness (QED) is 0.0223. The molecular formula is C40H81NO7P+. The van der Waals surface area contributed by atoms with E-state index in [1.165, 1.54) is 116 Å². The Hall–Kier alpha value is -0.760. The van der Waals surface area contributed by atoms with Crippen molar-refractivity contribution >= 4 is 13.8 Å². The number of carbonyl (C=O) groups is 1. The van der Waals surface area contributed by atoms with Gasteiger partial charge in [-0.05, 0) is 32.1 Å². The molecule has 0 heterocycles. The third-order valence-electron chi connectivity index (χ3n) is 8.83. The average Bonchev–Trinajstić information content (AvgIpc) is 3.04. The van der Waals surface area contributed by atoms with E-state index in [0.717, 1.165) is 44.9 Å². The van der Waals surface area contributed by atoms with Gasteiger partial charge in [0.2, 0.25) is 0 Å². The zero-order valence-corrected chi connectivity index (χ0v) is 33.8. The van der Waals surface area contributed by atoms with Crippen LogP contribution in [0.2, 0.25) is 0 Å². The highest BCUT2D eigenvalue weighted by atomic mass is 31.2. The Morgan fingerprint density at radius 3 is 1.61 bits per heavy atom. The molecule has 0 aliphatic rings. The van der Waals surface area contributed by atoms with Gasteiger partial charge in [-0.15, -0.1) is 0 Å². The molecule has 2 unspecified atom stereocenters. The number of carbonyl (C=O) groups excluding carboxylic acids is 1. The second kappa shape index (κ2) is 34.3. The first kappa shape index (κ1) is 48.2. The van der Waals surface area contributed by atoms with Crippen molar-refractivity contribution in [2.75, 3.05) is 54.1 Å². The number of hydrogen-bond donors (Lipinski definition) is 1. The summed E-state index contributed by atoms with van der Waals surface area (Å²) < 4.78 is 34.9. The fourth-order valence-corrected chi connectivity index (χ4v) is 6.33. The molecule has 1 N–H and O–H groups in total. The number of hydrogen-bond acceptors (Lipinski definition) is 6. The van der Waals surface area contributed by atoms with Crippen LogP contribution < -0.4 is 0 Å². The highest BCUT2D eigenvalue weighted by Crippen LogP contribution is 2.43. The Balaban J connectivity index is 4.22. The van der Waals surface area contributed by atoms with Crippen molar-refractivity contribution in [3.8, 4) is 0 Å². The molecule has 0 saturated heterocycles. The van der Waals surface area contributed by atoms with Gasteiger partial charge in [-0.25, -0.2) is 4.57 Å². The maximum atomic E-state index is 12.6. The molecule has 0 spiro atoms. The van der Waals surface area contributed by atoms with E-state index in [-0.39, 0.29) is 25.8 Å². The Morgan fingerprint density at radius 2 is 1.08 bits per heavy atom. The molecule has 0 aliphatic carbocycles. The van der Waals surface area contributed by atoms with E-state index in [9.17, 15) is 14.3 Å². The number of rotatable bonds is 38. The number of esters is 1. The van der Waals surface area contributed by atoms with Gasteiger partial charge in [0.1, 0.15) is 19.3 Å². The fourth-order valence-electron chi connectivity index (χ4n) is 5.59. The van der Waals surface area contributed by atoms with E-state index in [0.29, 0.717) is 24.1 Å². The van der Waals surface area contributed by atoms with Crippen LogP contribution in [-0.2, 0) is 27.9 Å². The number of quaternary nitrogens is 1. The predicted octanol–water partition coefficient (Wildman–Crippen LogP) is 11.5. The molecule has 2 atom stereocenters. The summed E-state index contributed by atoms with van der Waals surface area (Å²) in [6.07, 6.45) is 35.2. The fraction of sp³-hybridized carbons (Fsp3) is 0.925. The van der Waals surface area contributed by atoms with E-state index in [1.54, 1.807) is 0 Å². The zero-order valence-electron chi connectivity index (χ0n) is 32.9. The second-order valence-electron chi connectivity index (χ2n) is 15.0. The molecule has 0 saturated carbocycles. The van der Waals surface area contributed by atoms with Crippen LogP contribution in [0.3, 0.4) is 0 Å². The summed E-state index contributed by atoms with van der Waals surface area (Å²) in [7, 11) is 1.67. The maximum absolute atomic E-state index is 12.6. The zero-order chi connectivity index (χ0) is 36.3. The molecule has 9 heteroatoms. The summed E-state index contributed by atoms with van der Waals surface area (Å²) in [4.78, 5) is 22.8. The summed E-state index contributed by atoms with van der Waals surface area (Å²) in [5.41, 5.74) is 0. The summed E-state index contributed by atoms with van der Waals surface area (Å²) >= 11 is 0. The van der Waals surface area contributed by atoms with E-state index >= 15 is 0 Å². The standard InChI is InChI=1S/C40H80NO7P/c1-6-8-10-12-14-16-18-19-20-21-22-24-26-28-30-32-35-45-37-39(38-47-49(43,44)46-36-34-41(3,4)5)48-40(42)33-31-29-27-25-23-17-15-13-11-9-7-2/h13,15,39H,6-12,14,16-38H2,1-5H3/p+1/b15-13-. The Labute approximate surface area is 303 Å². The van der Waals surface area contributed by atoms with Crippen LogP contribution in [0.15, 0.2) is 12.2 Å². The number of unbranched alkanes of at least 4 members (excludes halogenated alkanes) is 22. The van der Waals surface area contributed by atoms with Gasteiger partial charge in [0.05, 0.1) is 34.4 Å². The van der Waals surface area contributed by atoms with Crippen LogP contribution in [-0.4, -0.2) is 75.6 Å². The smallest absolute Gasteiger partial charge is 0.457 e. The molecule has 292 valence electrons. The van der Waals surface area contributed by atoms with Crippen molar-refractivity contribution in [1.29, 1.82) is 0 Å². The van der Waals surface area contributed by atoms with Crippen molar-refractivity contribution in [3.63, 3.8) is 0 Å². The monoisotopic (exact) mass is 719 g/mol. The first-order valence-electron chi connectivity index (χ1n) is 20.4. The van der Waals surface area contributed by atoms with Gasteiger partial charge in [-0.3, -0.25) is 13.8 Å². The number of phosphoric acid groups is 1. The van der Waals surface area contributed by atoms with Crippen molar-refractivity contribution in [1.82, 2.24) is 0 Å². The minimum Gasteiger partial charge on any atom is -0.457 e. The molecule has 0 rings (SSSR count). The van der Waals surface area contributed by atoms with Gasteiger partial charge in [0.25, 0.3) is 0 Å². The van der Waals surface area contributed by atoms with Gasteiger partial charge in [-0.1, -0.05) is 154 Å². The first-order valence-corrected chi connectivity index (χ1v) is 21.9. The number of phosphoric ester groups is 1. The molecule has 0 aromatic heterocycles. The van der Waals surface area contributed by atoms with Gasteiger partial charge in [0.15, 0.2) is 0 Å². The lowest BCUT2D eigenvalue weighted by atomic mass is 10.0. The lowest BCUT2D eigenvalue weighted by molar-refractivity contribution is -0.870. The molecule has 49 heavy (non-hydrogen) atoms. The summed E-state index contributed by atoms with van der Waals surface area (Å²) in [5, 5.41) is 0. The Kier molecular flexibility index (Phi) is 33.8. The molecule has 0 fully saturated rings. The highest BCUT2D eigenvalue weighted by Gasteiger charge is 2.26. The molecule has 0 aromatic carbocycles. The van der Waals surface area contributed by atoms with Crippen LogP contribution >= 0.6 is 7.82 Å².